The zero-order valence-corrected chi connectivity index (χ0v) is 9.03. The molecule has 0 aliphatic rings. The molecule has 0 N–H and O–H groups in total. The lowest BCUT2D eigenvalue weighted by molar-refractivity contribution is 0.928. The zero-order valence-electron chi connectivity index (χ0n) is 9.03. The number of unbranched alkanes of at least 4 members (excludes halogenated alkanes) is 1. The quantitative estimate of drug-likeness (QED) is 0.710. The van der Waals surface area contributed by atoms with Gasteiger partial charge in [0.25, 0.3) is 0 Å². The summed E-state index contributed by atoms with van der Waals surface area (Å²) in [5.74, 6) is 0. The Bertz CT molecular complexity index is 278. The average molecular weight is 190 g/mol. The van der Waals surface area contributed by atoms with Crippen LogP contribution in [0.1, 0.15) is 45.1 Å². The molecule has 76 valence electrons. The van der Waals surface area contributed by atoms with Gasteiger partial charge in [0.05, 0.1) is 12.4 Å². The maximum Gasteiger partial charge on any atom is 0.0571 e. The third kappa shape index (κ3) is 3.29. The van der Waals surface area contributed by atoms with Crippen LogP contribution in [-0.2, 0) is 0 Å². The summed E-state index contributed by atoms with van der Waals surface area (Å²) in [6.07, 6.45) is 10.6. The summed E-state index contributed by atoms with van der Waals surface area (Å²) in [7, 11) is 0. The first kappa shape index (κ1) is 10.9. The second-order valence-corrected chi connectivity index (χ2v) is 3.40. The Morgan fingerprint density at radius 1 is 1.29 bits per heavy atom. The lowest BCUT2D eigenvalue weighted by atomic mass is 10.0. The van der Waals surface area contributed by atoms with E-state index in [2.05, 4.69) is 30.1 Å². The van der Waals surface area contributed by atoms with Gasteiger partial charge in [0, 0.05) is 0 Å². The summed E-state index contributed by atoms with van der Waals surface area (Å²) >= 11 is 0. The van der Waals surface area contributed by atoms with E-state index in [0.717, 1.165) is 12.8 Å². The SMILES string of the molecule is CCC/C=C(\CCC)c1ccnnc1. The third-order valence-corrected chi connectivity index (χ3v) is 2.15. The molecule has 0 aliphatic heterocycles. The van der Waals surface area contributed by atoms with Gasteiger partial charge >= 0.3 is 0 Å². The molecule has 0 radical (unpaired) electrons. The summed E-state index contributed by atoms with van der Waals surface area (Å²) in [4.78, 5) is 0. The highest BCUT2D eigenvalue weighted by atomic mass is 15.1. The Morgan fingerprint density at radius 2 is 2.14 bits per heavy atom. The van der Waals surface area contributed by atoms with Crippen LogP contribution >= 0.6 is 0 Å². The molecule has 2 heteroatoms. The number of rotatable bonds is 5. The van der Waals surface area contributed by atoms with E-state index in [0.29, 0.717) is 0 Å². The first-order chi connectivity index (χ1) is 6.88. The standard InChI is InChI=1S/C12H18N2/c1-3-5-7-11(6-4-2)12-8-9-13-14-10-12/h7-10H,3-6H2,1-2H3/b11-7+. The molecule has 2 nitrogen and oxygen atoms in total. The van der Waals surface area contributed by atoms with Gasteiger partial charge in [0.2, 0.25) is 0 Å². The van der Waals surface area contributed by atoms with Crippen LogP contribution < -0.4 is 0 Å². The van der Waals surface area contributed by atoms with Crippen molar-refractivity contribution in [1.29, 1.82) is 0 Å². The molecular formula is C12H18N2. The normalized spacial score (nSPS) is 11.7. The van der Waals surface area contributed by atoms with E-state index in [9.17, 15) is 0 Å². The molecule has 0 fully saturated rings. The summed E-state index contributed by atoms with van der Waals surface area (Å²) in [5.41, 5.74) is 2.62. The van der Waals surface area contributed by atoms with Gasteiger partial charge in [-0.2, -0.15) is 10.2 Å². The monoisotopic (exact) mass is 190 g/mol. The van der Waals surface area contributed by atoms with E-state index < -0.39 is 0 Å². The minimum Gasteiger partial charge on any atom is -0.159 e. The van der Waals surface area contributed by atoms with Crippen molar-refractivity contribution < 1.29 is 0 Å². The topological polar surface area (TPSA) is 25.8 Å². The predicted molar refractivity (Wildman–Crippen MR) is 59.8 cm³/mol. The van der Waals surface area contributed by atoms with Crippen LogP contribution in [0, 0.1) is 0 Å². The fraction of sp³-hybridized carbons (Fsp3) is 0.500. The van der Waals surface area contributed by atoms with Crippen LogP contribution in [0.4, 0.5) is 0 Å². The van der Waals surface area contributed by atoms with E-state index >= 15 is 0 Å². The molecule has 0 atom stereocenters. The number of nitrogens with zero attached hydrogens (tertiary/aromatic N) is 2. The lowest BCUT2D eigenvalue weighted by Crippen LogP contribution is -1.88. The smallest absolute Gasteiger partial charge is 0.0571 e. The number of hydrogen-bond acceptors (Lipinski definition) is 2. The van der Waals surface area contributed by atoms with Gasteiger partial charge in [-0.3, -0.25) is 0 Å². The Labute approximate surface area is 86.1 Å². The van der Waals surface area contributed by atoms with Gasteiger partial charge in [0.1, 0.15) is 0 Å². The first-order valence-electron chi connectivity index (χ1n) is 5.34. The molecule has 0 saturated heterocycles. The highest BCUT2D eigenvalue weighted by Crippen LogP contribution is 2.19. The van der Waals surface area contributed by atoms with Gasteiger partial charge in [-0.25, -0.2) is 0 Å². The molecule has 1 rings (SSSR count). The molecule has 1 heterocycles. The van der Waals surface area contributed by atoms with Gasteiger partial charge < -0.3 is 0 Å². The second-order valence-electron chi connectivity index (χ2n) is 3.40. The maximum atomic E-state index is 3.91. The van der Waals surface area contributed by atoms with Crippen molar-refractivity contribution in [1.82, 2.24) is 10.2 Å². The van der Waals surface area contributed by atoms with Crippen LogP contribution in [0.3, 0.4) is 0 Å². The summed E-state index contributed by atoms with van der Waals surface area (Å²) in [5, 5.41) is 7.70. The molecule has 0 bridgehead atoms. The van der Waals surface area contributed by atoms with E-state index in [-0.39, 0.29) is 0 Å². The molecule has 14 heavy (non-hydrogen) atoms. The Morgan fingerprint density at radius 3 is 2.71 bits per heavy atom. The molecule has 0 unspecified atom stereocenters. The third-order valence-electron chi connectivity index (χ3n) is 2.15. The highest BCUT2D eigenvalue weighted by molar-refractivity contribution is 5.64. The van der Waals surface area contributed by atoms with E-state index in [1.807, 2.05) is 12.3 Å². The maximum absolute atomic E-state index is 3.91. The molecule has 1 aromatic heterocycles. The zero-order chi connectivity index (χ0) is 10.2. The van der Waals surface area contributed by atoms with Crippen LogP contribution in [0.2, 0.25) is 0 Å². The van der Waals surface area contributed by atoms with Crippen molar-refractivity contribution in [3.63, 3.8) is 0 Å². The van der Waals surface area contributed by atoms with Gasteiger partial charge in [-0.05, 0) is 30.0 Å². The molecule has 0 amide bonds. The fourth-order valence-electron chi connectivity index (χ4n) is 1.43. The van der Waals surface area contributed by atoms with Crippen LogP contribution in [0.5, 0.6) is 0 Å². The molecule has 1 aromatic rings. The Kier molecular flexibility index (Phi) is 4.90. The van der Waals surface area contributed by atoms with Gasteiger partial charge in [-0.1, -0.05) is 32.8 Å². The van der Waals surface area contributed by atoms with Crippen LogP contribution in [0.25, 0.3) is 5.57 Å². The van der Waals surface area contributed by atoms with Crippen molar-refractivity contribution in [2.45, 2.75) is 39.5 Å². The van der Waals surface area contributed by atoms with Crippen molar-refractivity contribution in [3.8, 4) is 0 Å². The molecule has 0 spiro atoms. The highest BCUT2D eigenvalue weighted by Gasteiger charge is 1.99. The lowest BCUT2D eigenvalue weighted by Gasteiger charge is -2.04. The van der Waals surface area contributed by atoms with E-state index in [4.69, 9.17) is 0 Å². The van der Waals surface area contributed by atoms with Crippen LogP contribution in [0.15, 0.2) is 24.5 Å². The van der Waals surface area contributed by atoms with Crippen molar-refractivity contribution in [2.75, 3.05) is 0 Å². The van der Waals surface area contributed by atoms with Gasteiger partial charge in [-0.15, -0.1) is 0 Å². The fourth-order valence-corrected chi connectivity index (χ4v) is 1.43. The summed E-state index contributed by atoms with van der Waals surface area (Å²) in [6, 6.07) is 2.03. The molecule has 0 aliphatic carbocycles. The number of aromatic nitrogens is 2. The predicted octanol–water partition coefficient (Wildman–Crippen LogP) is 3.46. The second kappa shape index (κ2) is 6.30. The van der Waals surface area contributed by atoms with Crippen molar-refractivity contribution >= 4 is 5.57 Å². The summed E-state index contributed by atoms with van der Waals surface area (Å²) < 4.78 is 0. The first-order valence-corrected chi connectivity index (χ1v) is 5.34. The van der Waals surface area contributed by atoms with Crippen molar-refractivity contribution in [3.05, 3.63) is 30.1 Å². The largest absolute Gasteiger partial charge is 0.159 e. The molecular weight excluding hydrogens is 172 g/mol. The van der Waals surface area contributed by atoms with Crippen molar-refractivity contribution in [2.24, 2.45) is 0 Å². The van der Waals surface area contributed by atoms with E-state index in [1.54, 1.807) is 6.20 Å². The minimum absolute atomic E-state index is 1.13. The van der Waals surface area contributed by atoms with Gasteiger partial charge in [0.15, 0.2) is 0 Å². The molecule has 0 aromatic carbocycles. The molecule has 0 saturated carbocycles. The average Bonchev–Trinajstić information content (AvgIpc) is 2.25. The number of allylic oxidation sites excluding steroid dienone is 2. The Balaban J connectivity index is 2.77. The van der Waals surface area contributed by atoms with E-state index in [1.165, 1.54) is 24.0 Å². The van der Waals surface area contributed by atoms with Crippen LogP contribution in [-0.4, -0.2) is 10.2 Å². The number of hydrogen-bond donors (Lipinski definition) is 0. The summed E-state index contributed by atoms with van der Waals surface area (Å²) in [6.45, 7) is 4.40. The minimum atomic E-state index is 1.13. The Hall–Kier alpha value is -1.18.